The molecule has 1 fully saturated rings. The van der Waals surface area contributed by atoms with Crippen molar-refractivity contribution in [2.45, 2.75) is 10.8 Å². The molecule has 1 aliphatic rings. The normalized spacial score (nSPS) is 17.6. The van der Waals surface area contributed by atoms with Gasteiger partial charge in [-0.2, -0.15) is 16.1 Å². The average molecular weight is 344 g/mol. The van der Waals surface area contributed by atoms with Crippen LogP contribution in [0, 0.1) is 5.82 Å². The fourth-order valence-electron chi connectivity index (χ4n) is 1.83. The molecule has 1 aromatic rings. The molecule has 19 heavy (non-hydrogen) atoms. The molecule has 0 N–H and O–H groups in total. The van der Waals surface area contributed by atoms with Gasteiger partial charge in [-0.25, -0.2) is 12.8 Å². The number of nitrogens with zero attached hydrogens (tertiary/aromatic N) is 1. The fraction of sp³-hybridized carbons (Fsp3) is 0.455. The van der Waals surface area contributed by atoms with Gasteiger partial charge in [-0.15, -0.1) is 11.6 Å². The highest BCUT2D eigenvalue weighted by molar-refractivity contribution is 7.99. The van der Waals surface area contributed by atoms with E-state index in [1.54, 1.807) is 11.8 Å². The highest BCUT2D eigenvalue weighted by Gasteiger charge is 2.30. The quantitative estimate of drug-likeness (QED) is 0.792. The van der Waals surface area contributed by atoms with Crippen molar-refractivity contribution in [3.63, 3.8) is 0 Å². The smallest absolute Gasteiger partial charge is 0.207 e. The van der Waals surface area contributed by atoms with E-state index in [0.29, 0.717) is 24.6 Å². The van der Waals surface area contributed by atoms with Crippen molar-refractivity contribution in [2.24, 2.45) is 0 Å². The molecule has 0 unspecified atom stereocenters. The molecule has 1 heterocycles. The minimum absolute atomic E-state index is 0.0964. The number of hydrogen-bond donors (Lipinski definition) is 0. The highest BCUT2D eigenvalue weighted by atomic mass is 35.5. The predicted molar refractivity (Wildman–Crippen MR) is 77.1 cm³/mol. The van der Waals surface area contributed by atoms with Gasteiger partial charge in [-0.1, -0.05) is 11.6 Å². The molecule has 2 rings (SSSR count). The van der Waals surface area contributed by atoms with E-state index in [1.807, 2.05) is 0 Å². The number of benzene rings is 1. The Bertz CT molecular complexity index is 574. The number of sulfonamides is 1. The third kappa shape index (κ3) is 3.19. The van der Waals surface area contributed by atoms with Gasteiger partial charge in [0.2, 0.25) is 10.0 Å². The first-order chi connectivity index (χ1) is 8.96. The summed E-state index contributed by atoms with van der Waals surface area (Å²) in [5.74, 6) is 0.496. The molecular weight excluding hydrogens is 332 g/mol. The van der Waals surface area contributed by atoms with E-state index in [9.17, 15) is 12.8 Å². The Hall–Kier alpha value is -0.0100. The van der Waals surface area contributed by atoms with E-state index in [0.717, 1.165) is 6.07 Å². The molecule has 0 saturated carbocycles. The van der Waals surface area contributed by atoms with Crippen LogP contribution in [0.25, 0.3) is 0 Å². The molecule has 8 heteroatoms. The Morgan fingerprint density at radius 2 is 1.95 bits per heavy atom. The van der Waals surface area contributed by atoms with E-state index >= 15 is 0 Å². The van der Waals surface area contributed by atoms with Crippen LogP contribution in [0.3, 0.4) is 0 Å². The second kappa shape index (κ2) is 6.18. The fourth-order valence-corrected chi connectivity index (χ4v) is 5.04. The average Bonchev–Trinajstić information content (AvgIpc) is 2.41. The monoisotopic (exact) mass is 343 g/mol. The standard InChI is InChI=1S/C11H12Cl2FNO2S2/c12-7-8-5-9(13)6-10(11(8)14)19(16,17)15-1-3-18-4-2-15/h5-6H,1-4,7H2. The van der Waals surface area contributed by atoms with Crippen LogP contribution in [0.15, 0.2) is 17.0 Å². The zero-order valence-corrected chi connectivity index (χ0v) is 13.0. The van der Waals surface area contributed by atoms with Gasteiger partial charge in [-0.3, -0.25) is 0 Å². The van der Waals surface area contributed by atoms with E-state index < -0.39 is 15.8 Å². The van der Waals surface area contributed by atoms with Crippen LogP contribution >= 0.6 is 35.0 Å². The second-order valence-corrected chi connectivity index (χ2v) is 7.86. The molecule has 106 valence electrons. The lowest BCUT2D eigenvalue weighted by atomic mass is 10.2. The number of halogens is 3. The van der Waals surface area contributed by atoms with E-state index in [2.05, 4.69) is 0 Å². The van der Waals surface area contributed by atoms with Crippen LogP contribution in [0.2, 0.25) is 5.02 Å². The Labute approximate surface area is 126 Å². The summed E-state index contributed by atoms with van der Waals surface area (Å²) in [5.41, 5.74) is 0.0964. The van der Waals surface area contributed by atoms with Gasteiger partial charge in [-0.05, 0) is 12.1 Å². The van der Waals surface area contributed by atoms with Crippen molar-refractivity contribution in [2.75, 3.05) is 24.6 Å². The molecule has 1 aliphatic heterocycles. The lowest BCUT2D eigenvalue weighted by molar-refractivity contribution is 0.438. The third-order valence-corrected chi connectivity index (χ3v) is 6.16. The van der Waals surface area contributed by atoms with E-state index in [-0.39, 0.29) is 21.4 Å². The van der Waals surface area contributed by atoms with Crippen LogP contribution in [-0.4, -0.2) is 37.3 Å². The molecule has 1 saturated heterocycles. The predicted octanol–water partition coefficient (Wildman–Crippen LogP) is 2.96. The largest absolute Gasteiger partial charge is 0.246 e. The molecule has 3 nitrogen and oxygen atoms in total. The van der Waals surface area contributed by atoms with Crippen molar-refractivity contribution < 1.29 is 12.8 Å². The van der Waals surface area contributed by atoms with Crippen LogP contribution in [0.4, 0.5) is 4.39 Å². The summed E-state index contributed by atoms with van der Waals surface area (Å²) < 4.78 is 40.2. The second-order valence-electron chi connectivity index (χ2n) is 4.03. The maximum atomic E-state index is 14.1. The molecule has 0 radical (unpaired) electrons. The van der Waals surface area contributed by atoms with Gasteiger partial charge in [0.05, 0.1) is 5.88 Å². The molecule has 0 spiro atoms. The maximum absolute atomic E-state index is 14.1. The lowest BCUT2D eigenvalue weighted by Crippen LogP contribution is -2.38. The lowest BCUT2D eigenvalue weighted by Gasteiger charge is -2.26. The number of alkyl halides is 1. The van der Waals surface area contributed by atoms with Gasteiger partial charge in [0.1, 0.15) is 10.7 Å². The Morgan fingerprint density at radius 1 is 1.32 bits per heavy atom. The van der Waals surface area contributed by atoms with Crippen LogP contribution in [0.1, 0.15) is 5.56 Å². The molecule has 1 aromatic carbocycles. The van der Waals surface area contributed by atoms with Crippen molar-refractivity contribution in [1.29, 1.82) is 0 Å². The van der Waals surface area contributed by atoms with Crippen molar-refractivity contribution in [1.82, 2.24) is 4.31 Å². The minimum Gasteiger partial charge on any atom is -0.207 e. The molecule has 0 atom stereocenters. The zero-order chi connectivity index (χ0) is 14.0. The van der Waals surface area contributed by atoms with Crippen molar-refractivity contribution in [3.05, 3.63) is 28.5 Å². The van der Waals surface area contributed by atoms with Crippen LogP contribution in [-0.2, 0) is 15.9 Å². The van der Waals surface area contributed by atoms with E-state index in [4.69, 9.17) is 23.2 Å². The van der Waals surface area contributed by atoms with Crippen molar-refractivity contribution >= 4 is 45.0 Å². The Kier molecular flexibility index (Phi) is 5.00. The third-order valence-electron chi connectivity index (χ3n) is 2.81. The van der Waals surface area contributed by atoms with Gasteiger partial charge in [0.25, 0.3) is 0 Å². The van der Waals surface area contributed by atoms with Crippen molar-refractivity contribution in [3.8, 4) is 0 Å². The summed E-state index contributed by atoms with van der Waals surface area (Å²) >= 11 is 13.1. The first-order valence-corrected chi connectivity index (χ1v) is 9.09. The SMILES string of the molecule is O=S(=O)(c1cc(Cl)cc(CCl)c1F)N1CCSCC1. The maximum Gasteiger partial charge on any atom is 0.246 e. The van der Waals surface area contributed by atoms with Crippen LogP contribution < -0.4 is 0 Å². The first-order valence-electron chi connectivity index (χ1n) is 5.58. The Morgan fingerprint density at radius 3 is 2.53 bits per heavy atom. The number of thioether (sulfide) groups is 1. The summed E-state index contributed by atoms with van der Waals surface area (Å²) in [7, 11) is -3.85. The summed E-state index contributed by atoms with van der Waals surface area (Å²) in [6, 6.07) is 2.49. The van der Waals surface area contributed by atoms with Gasteiger partial charge in [0, 0.05) is 35.2 Å². The highest BCUT2D eigenvalue weighted by Crippen LogP contribution is 2.28. The van der Waals surface area contributed by atoms with Gasteiger partial charge < -0.3 is 0 Å². The van der Waals surface area contributed by atoms with Gasteiger partial charge >= 0.3 is 0 Å². The molecular formula is C11H12Cl2FNO2S2. The van der Waals surface area contributed by atoms with E-state index in [1.165, 1.54) is 10.4 Å². The number of rotatable bonds is 3. The Balaban J connectivity index is 2.47. The van der Waals surface area contributed by atoms with Gasteiger partial charge in [0.15, 0.2) is 0 Å². The zero-order valence-electron chi connectivity index (χ0n) is 9.90. The summed E-state index contributed by atoms with van der Waals surface area (Å²) in [5, 5.41) is 0.169. The summed E-state index contributed by atoms with van der Waals surface area (Å²) in [6.45, 7) is 0.768. The summed E-state index contributed by atoms with van der Waals surface area (Å²) in [4.78, 5) is -0.387. The van der Waals surface area contributed by atoms with Crippen LogP contribution in [0.5, 0.6) is 0 Å². The summed E-state index contributed by atoms with van der Waals surface area (Å²) in [6.07, 6.45) is 0. The molecule has 0 aromatic heterocycles. The molecule has 0 aliphatic carbocycles. The minimum atomic E-state index is -3.85. The topological polar surface area (TPSA) is 37.4 Å². The number of hydrogen-bond acceptors (Lipinski definition) is 3. The first kappa shape index (κ1) is 15.4. The molecule has 0 bridgehead atoms. The molecule has 0 amide bonds.